The van der Waals surface area contributed by atoms with Crippen LogP contribution in [0.25, 0.3) is 0 Å². The summed E-state index contributed by atoms with van der Waals surface area (Å²) >= 11 is 12.2. The van der Waals surface area contributed by atoms with E-state index in [9.17, 15) is 9.59 Å². The second-order valence-corrected chi connectivity index (χ2v) is 8.60. The van der Waals surface area contributed by atoms with E-state index in [1.54, 1.807) is 35.2 Å². The second-order valence-electron chi connectivity index (χ2n) is 7.76. The minimum Gasteiger partial charge on any atom is -0.494 e. The zero-order valence-corrected chi connectivity index (χ0v) is 20.5. The zero-order chi connectivity index (χ0) is 23.5. The van der Waals surface area contributed by atoms with Gasteiger partial charge in [-0.15, -0.1) is 0 Å². The molecule has 0 spiro atoms. The Balaban J connectivity index is 2.07. The number of ether oxygens (including phenoxy) is 1. The number of amides is 2. The quantitative estimate of drug-likeness (QED) is 0.387. The van der Waals surface area contributed by atoms with Gasteiger partial charge in [0.25, 0.3) is 0 Å². The lowest BCUT2D eigenvalue weighted by atomic mass is 10.1. The standard InChI is InChI=1S/C25H32Cl2N2O3/c1-4-18(3)28-25(31)23(5-2)29(17-19-9-6-7-10-22(19)27)24(30)11-8-16-32-21-14-12-20(26)13-15-21/h6-7,9-10,12-15,18,23H,4-5,8,11,16-17H2,1-3H3,(H,28,31)/t18-,23+/m1/s1. The topological polar surface area (TPSA) is 58.6 Å². The molecule has 2 amide bonds. The highest BCUT2D eigenvalue weighted by Gasteiger charge is 2.29. The molecule has 5 nitrogen and oxygen atoms in total. The van der Waals surface area contributed by atoms with E-state index in [2.05, 4.69) is 5.32 Å². The fraction of sp³-hybridized carbons (Fsp3) is 0.440. The molecule has 0 unspecified atom stereocenters. The third kappa shape index (κ3) is 8.03. The molecule has 0 bridgehead atoms. The van der Waals surface area contributed by atoms with Gasteiger partial charge in [-0.1, -0.05) is 55.2 Å². The number of hydrogen-bond donors (Lipinski definition) is 1. The molecule has 174 valence electrons. The van der Waals surface area contributed by atoms with Gasteiger partial charge in [0.1, 0.15) is 11.8 Å². The number of carbonyl (C=O) groups is 2. The smallest absolute Gasteiger partial charge is 0.243 e. The minimum absolute atomic E-state index is 0.0431. The molecule has 0 heterocycles. The van der Waals surface area contributed by atoms with Crippen molar-refractivity contribution in [2.75, 3.05) is 6.61 Å². The Morgan fingerprint density at radius 2 is 1.72 bits per heavy atom. The Labute approximate surface area is 201 Å². The third-order valence-electron chi connectivity index (χ3n) is 5.30. The summed E-state index contributed by atoms with van der Waals surface area (Å²) in [6, 6.07) is 14.0. The van der Waals surface area contributed by atoms with Crippen molar-refractivity contribution in [2.24, 2.45) is 0 Å². The van der Waals surface area contributed by atoms with Gasteiger partial charge in [-0.2, -0.15) is 0 Å². The Kier molecular flexibility index (Phi) is 10.8. The number of hydrogen-bond acceptors (Lipinski definition) is 3. The average molecular weight is 479 g/mol. The lowest BCUT2D eigenvalue weighted by Crippen LogP contribution is -2.50. The summed E-state index contributed by atoms with van der Waals surface area (Å²) in [5, 5.41) is 4.23. The molecule has 2 rings (SSSR count). The Hall–Kier alpha value is -2.24. The summed E-state index contributed by atoms with van der Waals surface area (Å²) in [6.45, 7) is 6.56. The molecule has 0 radical (unpaired) electrons. The third-order valence-corrected chi connectivity index (χ3v) is 5.92. The summed E-state index contributed by atoms with van der Waals surface area (Å²) in [5.41, 5.74) is 0.815. The molecule has 0 aliphatic heterocycles. The van der Waals surface area contributed by atoms with E-state index in [1.807, 2.05) is 39.0 Å². The number of nitrogens with one attached hydrogen (secondary N) is 1. The first-order valence-electron chi connectivity index (χ1n) is 11.1. The van der Waals surface area contributed by atoms with Crippen molar-refractivity contribution >= 4 is 35.0 Å². The number of benzene rings is 2. The van der Waals surface area contributed by atoms with Crippen LogP contribution >= 0.6 is 23.2 Å². The summed E-state index contributed by atoms with van der Waals surface area (Å²) in [4.78, 5) is 27.8. The average Bonchev–Trinajstić information content (AvgIpc) is 2.78. The van der Waals surface area contributed by atoms with Gasteiger partial charge >= 0.3 is 0 Å². The first-order chi connectivity index (χ1) is 15.3. The van der Waals surface area contributed by atoms with E-state index in [0.717, 1.165) is 12.0 Å². The Morgan fingerprint density at radius 1 is 1.03 bits per heavy atom. The molecule has 0 saturated carbocycles. The summed E-state index contributed by atoms with van der Waals surface area (Å²) in [7, 11) is 0. The number of rotatable bonds is 12. The predicted octanol–water partition coefficient (Wildman–Crippen LogP) is 5.87. The predicted molar refractivity (Wildman–Crippen MR) is 130 cm³/mol. The number of carbonyl (C=O) groups excluding carboxylic acids is 2. The molecule has 0 saturated heterocycles. The maximum atomic E-state index is 13.2. The van der Waals surface area contributed by atoms with Crippen LogP contribution in [-0.4, -0.2) is 35.4 Å². The first kappa shape index (κ1) is 26.0. The molecule has 0 aliphatic rings. The first-order valence-corrected chi connectivity index (χ1v) is 11.8. The van der Waals surface area contributed by atoms with Crippen LogP contribution in [0.4, 0.5) is 0 Å². The van der Waals surface area contributed by atoms with Crippen molar-refractivity contribution in [3.63, 3.8) is 0 Å². The van der Waals surface area contributed by atoms with E-state index in [4.69, 9.17) is 27.9 Å². The largest absolute Gasteiger partial charge is 0.494 e. The van der Waals surface area contributed by atoms with Crippen LogP contribution < -0.4 is 10.1 Å². The zero-order valence-electron chi connectivity index (χ0n) is 18.9. The monoisotopic (exact) mass is 478 g/mol. The van der Waals surface area contributed by atoms with Crippen molar-refractivity contribution in [1.29, 1.82) is 0 Å². The molecular formula is C25H32Cl2N2O3. The van der Waals surface area contributed by atoms with Gasteiger partial charge in [0.05, 0.1) is 6.61 Å². The maximum Gasteiger partial charge on any atom is 0.243 e. The van der Waals surface area contributed by atoms with E-state index >= 15 is 0 Å². The van der Waals surface area contributed by atoms with Crippen LogP contribution in [0.2, 0.25) is 10.0 Å². The summed E-state index contributed by atoms with van der Waals surface area (Å²) in [6.07, 6.45) is 2.14. The highest BCUT2D eigenvalue weighted by molar-refractivity contribution is 6.31. The van der Waals surface area contributed by atoms with E-state index in [0.29, 0.717) is 35.2 Å². The van der Waals surface area contributed by atoms with Gasteiger partial charge in [0.2, 0.25) is 11.8 Å². The van der Waals surface area contributed by atoms with Crippen LogP contribution in [-0.2, 0) is 16.1 Å². The van der Waals surface area contributed by atoms with Gasteiger partial charge in [0, 0.05) is 29.1 Å². The molecule has 0 aliphatic carbocycles. The second kappa shape index (κ2) is 13.3. The Morgan fingerprint density at radius 3 is 2.34 bits per heavy atom. The van der Waals surface area contributed by atoms with Gasteiger partial charge in [0.15, 0.2) is 0 Å². The summed E-state index contributed by atoms with van der Waals surface area (Å²) < 4.78 is 5.70. The molecule has 2 aromatic carbocycles. The number of halogens is 2. The van der Waals surface area contributed by atoms with Gasteiger partial charge < -0.3 is 15.0 Å². The van der Waals surface area contributed by atoms with Crippen molar-refractivity contribution in [1.82, 2.24) is 10.2 Å². The molecule has 1 N–H and O–H groups in total. The fourth-order valence-corrected chi connectivity index (χ4v) is 3.58. The van der Waals surface area contributed by atoms with Crippen LogP contribution in [0, 0.1) is 0 Å². The SMILES string of the molecule is CC[C@@H](C)NC(=O)[C@H](CC)N(Cc1ccccc1Cl)C(=O)CCCOc1ccc(Cl)cc1. The normalized spacial score (nSPS) is 12.7. The molecule has 32 heavy (non-hydrogen) atoms. The molecule has 0 aromatic heterocycles. The number of nitrogens with zero attached hydrogens (tertiary/aromatic N) is 1. The minimum atomic E-state index is -0.565. The van der Waals surface area contributed by atoms with E-state index in [1.165, 1.54) is 0 Å². The van der Waals surface area contributed by atoms with Crippen LogP contribution in [0.3, 0.4) is 0 Å². The lowest BCUT2D eigenvalue weighted by Gasteiger charge is -2.31. The maximum absolute atomic E-state index is 13.2. The van der Waals surface area contributed by atoms with Crippen molar-refractivity contribution in [3.05, 3.63) is 64.1 Å². The molecule has 2 atom stereocenters. The van der Waals surface area contributed by atoms with Gasteiger partial charge in [-0.3, -0.25) is 9.59 Å². The molecule has 0 fully saturated rings. The highest BCUT2D eigenvalue weighted by Crippen LogP contribution is 2.21. The van der Waals surface area contributed by atoms with E-state index in [-0.39, 0.29) is 30.8 Å². The molecule has 7 heteroatoms. The summed E-state index contributed by atoms with van der Waals surface area (Å²) in [5.74, 6) is 0.463. The van der Waals surface area contributed by atoms with Crippen LogP contribution in [0.5, 0.6) is 5.75 Å². The Bertz CT molecular complexity index is 874. The molecule has 2 aromatic rings. The van der Waals surface area contributed by atoms with Gasteiger partial charge in [-0.05, 0) is 62.1 Å². The van der Waals surface area contributed by atoms with Crippen LogP contribution in [0.1, 0.15) is 52.0 Å². The fourth-order valence-electron chi connectivity index (χ4n) is 3.26. The molecular weight excluding hydrogens is 447 g/mol. The lowest BCUT2D eigenvalue weighted by molar-refractivity contribution is -0.141. The van der Waals surface area contributed by atoms with Crippen LogP contribution in [0.15, 0.2) is 48.5 Å². The van der Waals surface area contributed by atoms with Crippen molar-refractivity contribution in [2.45, 2.75) is 65.1 Å². The highest BCUT2D eigenvalue weighted by atomic mass is 35.5. The van der Waals surface area contributed by atoms with Crippen molar-refractivity contribution < 1.29 is 14.3 Å². The van der Waals surface area contributed by atoms with E-state index < -0.39 is 6.04 Å². The van der Waals surface area contributed by atoms with Crippen molar-refractivity contribution in [3.8, 4) is 5.75 Å². The van der Waals surface area contributed by atoms with Gasteiger partial charge in [-0.25, -0.2) is 0 Å².